The smallest absolute Gasteiger partial charge is 0.264 e. The molecule has 3 rings (SSSR count). The number of hydrogen-bond acceptors (Lipinski definition) is 5. The van der Waals surface area contributed by atoms with Gasteiger partial charge in [-0.05, 0) is 36.8 Å². The van der Waals surface area contributed by atoms with Crippen LogP contribution in [-0.2, 0) is 20.8 Å². The van der Waals surface area contributed by atoms with E-state index in [-0.39, 0.29) is 4.90 Å². The van der Waals surface area contributed by atoms with E-state index in [9.17, 15) is 8.42 Å². The van der Waals surface area contributed by atoms with E-state index in [1.165, 1.54) is 12.1 Å². The average molecular weight is 366 g/mol. The maximum atomic E-state index is 12.4. The molecule has 5 nitrogen and oxygen atoms in total. The second-order valence-corrected chi connectivity index (χ2v) is 7.31. The van der Waals surface area contributed by atoms with Gasteiger partial charge in [-0.25, -0.2) is 0 Å². The van der Waals surface area contributed by atoms with E-state index in [4.69, 9.17) is 4.28 Å². The molecule has 26 heavy (non-hydrogen) atoms. The maximum absolute atomic E-state index is 12.4. The third-order valence-electron chi connectivity index (χ3n) is 3.76. The molecule has 0 saturated heterocycles. The van der Waals surface area contributed by atoms with Crippen molar-refractivity contribution >= 4 is 15.8 Å². The van der Waals surface area contributed by atoms with Gasteiger partial charge in [0.15, 0.2) is 0 Å². The van der Waals surface area contributed by atoms with Gasteiger partial charge in [0.2, 0.25) is 0 Å². The van der Waals surface area contributed by atoms with Gasteiger partial charge in [0.05, 0.1) is 5.71 Å². The molecule has 6 heteroatoms. The number of pyridine rings is 1. The lowest BCUT2D eigenvalue weighted by atomic mass is 10.0. The van der Waals surface area contributed by atoms with Crippen LogP contribution in [0, 0.1) is 6.92 Å². The van der Waals surface area contributed by atoms with Gasteiger partial charge in [0.1, 0.15) is 4.90 Å². The summed E-state index contributed by atoms with van der Waals surface area (Å²) in [5, 5.41) is 3.95. The molecule has 0 N–H and O–H groups in total. The van der Waals surface area contributed by atoms with Gasteiger partial charge >= 0.3 is 10.1 Å². The second-order valence-electron chi connectivity index (χ2n) is 5.78. The molecular formula is C20H18N2O3S. The SMILES string of the molecule is Cc1ccc(S(=O)(=O)ON=C(Cc2ccccc2)c2cccnc2)cc1. The highest BCUT2D eigenvalue weighted by Crippen LogP contribution is 2.15. The van der Waals surface area contributed by atoms with Crippen molar-refractivity contribution in [3.8, 4) is 0 Å². The molecule has 0 spiro atoms. The first-order valence-electron chi connectivity index (χ1n) is 8.06. The van der Waals surface area contributed by atoms with Crippen LogP contribution >= 0.6 is 0 Å². The van der Waals surface area contributed by atoms with Crippen molar-refractivity contribution in [3.63, 3.8) is 0 Å². The molecule has 0 atom stereocenters. The minimum absolute atomic E-state index is 0.0668. The van der Waals surface area contributed by atoms with Gasteiger partial charge in [-0.2, -0.15) is 8.42 Å². The molecule has 0 unspecified atom stereocenters. The number of rotatable bonds is 6. The maximum Gasteiger partial charge on any atom is 0.358 e. The Morgan fingerprint density at radius 2 is 1.73 bits per heavy atom. The van der Waals surface area contributed by atoms with Crippen LogP contribution < -0.4 is 0 Å². The van der Waals surface area contributed by atoms with E-state index in [1.807, 2.05) is 43.3 Å². The van der Waals surface area contributed by atoms with Crippen molar-refractivity contribution in [2.45, 2.75) is 18.2 Å². The number of hydrogen-bond donors (Lipinski definition) is 0. The van der Waals surface area contributed by atoms with Crippen LogP contribution in [0.1, 0.15) is 16.7 Å². The molecule has 0 fully saturated rings. The van der Waals surface area contributed by atoms with Crippen molar-refractivity contribution in [2.75, 3.05) is 0 Å². The fourth-order valence-electron chi connectivity index (χ4n) is 2.35. The van der Waals surface area contributed by atoms with Crippen molar-refractivity contribution in [2.24, 2.45) is 5.16 Å². The highest BCUT2D eigenvalue weighted by molar-refractivity contribution is 7.86. The van der Waals surface area contributed by atoms with Crippen LogP contribution in [0.5, 0.6) is 0 Å². The predicted octanol–water partition coefficient (Wildman–Crippen LogP) is 3.74. The largest absolute Gasteiger partial charge is 0.358 e. The first-order valence-corrected chi connectivity index (χ1v) is 9.47. The van der Waals surface area contributed by atoms with Crippen LogP contribution in [0.3, 0.4) is 0 Å². The molecule has 0 amide bonds. The number of aromatic nitrogens is 1. The highest BCUT2D eigenvalue weighted by Gasteiger charge is 2.16. The number of aryl methyl sites for hydroxylation is 1. The zero-order valence-electron chi connectivity index (χ0n) is 14.2. The van der Waals surface area contributed by atoms with Gasteiger partial charge in [0.25, 0.3) is 0 Å². The Kier molecular flexibility index (Phi) is 5.43. The molecule has 3 aromatic rings. The number of nitrogens with zero attached hydrogens (tertiary/aromatic N) is 2. The molecule has 132 valence electrons. The standard InChI is InChI=1S/C20H18N2O3S/c1-16-9-11-19(12-10-16)26(23,24)25-22-20(18-8-5-13-21-15-18)14-17-6-3-2-4-7-17/h2-13,15H,14H2,1H3. The summed E-state index contributed by atoms with van der Waals surface area (Å²) in [6, 6.07) is 19.7. The first-order chi connectivity index (χ1) is 12.5. The van der Waals surface area contributed by atoms with E-state index < -0.39 is 10.1 Å². The Hall–Kier alpha value is -2.99. The Balaban J connectivity index is 1.90. The lowest BCUT2D eigenvalue weighted by Gasteiger charge is -2.07. The van der Waals surface area contributed by atoms with Crippen molar-refractivity contribution in [1.29, 1.82) is 0 Å². The minimum atomic E-state index is -3.98. The molecule has 2 aromatic carbocycles. The molecule has 0 radical (unpaired) electrons. The Labute approximate surface area is 153 Å². The van der Waals surface area contributed by atoms with E-state index in [1.54, 1.807) is 30.6 Å². The zero-order valence-corrected chi connectivity index (χ0v) is 15.1. The number of oxime groups is 1. The summed E-state index contributed by atoms with van der Waals surface area (Å²) in [6.45, 7) is 1.88. The highest BCUT2D eigenvalue weighted by atomic mass is 32.2. The van der Waals surface area contributed by atoms with Crippen LogP contribution in [0.2, 0.25) is 0 Å². The van der Waals surface area contributed by atoms with Crippen LogP contribution in [0.25, 0.3) is 0 Å². The number of benzene rings is 2. The molecule has 0 aliphatic carbocycles. The molecule has 0 bridgehead atoms. The summed E-state index contributed by atoms with van der Waals surface area (Å²) in [5.74, 6) is 0. The topological polar surface area (TPSA) is 68.6 Å². The Bertz CT molecular complexity index is 984. The molecular weight excluding hydrogens is 348 g/mol. The van der Waals surface area contributed by atoms with Gasteiger partial charge in [-0.15, -0.1) is 0 Å². The van der Waals surface area contributed by atoms with Crippen molar-refractivity contribution < 1.29 is 12.7 Å². The molecule has 1 heterocycles. The summed E-state index contributed by atoms with van der Waals surface area (Å²) in [5.41, 5.74) is 3.15. The minimum Gasteiger partial charge on any atom is -0.264 e. The van der Waals surface area contributed by atoms with E-state index in [2.05, 4.69) is 10.1 Å². The summed E-state index contributed by atoms with van der Waals surface area (Å²) < 4.78 is 29.8. The van der Waals surface area contributed by atoms with E-state index >= 15 is 0 Å². The van der Waals surface area contributed by atoms with Gasteiger partial charge in [-0.3, -0.25) is 9.27 Å². The Morgan fingerprint density at radius 3 is 2.38 bits per heavy atom. The van der Waals surface area contributed by atoms with Crippen molar-refractivity contribution in [1.82, 2.24) is 4.98 Å². The summed E-state index contributed by atoms with van der Waals surface area (Å²) in [7, 11) is -3.98. The molecule has 1 aromatic heterocycles. The third-order valence-corrected chi connectivity index (χ3v) is 4.88. The predicted molar refractivity (Wildman–Crippen MR) is 100 cm³/mol. The third kappa shape index (κ3) is 4.55. The van der Waals surface area contributed by atoms with Crippen LogP contribution in [0.15, 0.2) is 89.2 Å². The van der Waals surface area contributed by atoms with Crippen molar-refractivity contribution in [3.05, 3.63) is 95.8 Å². The molecule has 0 saturated carbocycles. The normalized spacial score (nSPS) is 12.0. The fourth-order valence-corrected chi connectivity index (χ4v) is 3.10. The zero-order chi connectivity index (χ0) is 18.4. The monoisotopic (exact) mass is 366 g/mol. The van der Waals surface area contributed by atoms with Gasteiger partial charge in [0, 0.05) is 24.4 Å². The summed E-state index contributed by atoms with van der Waals surface area (Å²) in [4.78, 5) is 4.14. The first kappa shape index (κ1) is 17.8. The Morgan fingerprint density at radius 1 is 1.00 bits per heavy atom. The second kappa shape index (κ2) is 7.93. The van der Waals surface area contributed by atoms with Gasteiger partial charge in [-0.1, -0.05) is 53.2 Å². The van der Waals surface area contributed by atoms with Crippen LogP contribution in [-0.4, -0.2) is 19.1 Å². The molecule has 0 aliphatic heterocycles. The lowest BCUT2D eigenvalue weighted by Crippen LogP contribution is -2.10. The van der Waals surface area contributed by atoms with E-state index in [0.29, 0.717) is 17.7 Å². The van der Waals surface area contributed by atoms with E-state index in [0.717, 1.165) is 11.1 Å². The van der Waals surface area contributed by atoms with Crippen LogP contribution in [0.4, 0.5) is 0 Å². The average Bonchev–Trinajstić information content (AvgIpc) is 2.67. The summed E-state index contributed by atoms with van der Waals surface area (Å²) in [6.07, 6.45) is 3.70. The molecule has 0 aliphatic rings. The van der Waals surface area contributed by atoms with Gasteiger partial charge < -0.3 is 0 Å². The fraction of sp³-hybridized carbons (Fsp3) is 0.100. The lowest BCUT2D eigenvalue weighted by molar-refractivity contribution is 0.338. The quantitative estimate of drug-likeness (QED) is 0.492. The summed E-state index contributed by atoms with van der Waals surface area (Å²) >= 11 is 0.